The molecule has 1 amide bonds. The number of rotatable bonds is 6. The topological polar surface area (TPSA) is 63.2 Å². The highest BCUT2D eigenvalue weighted by Gasteiger charge is 2.13. The smallest absolute Gasteiger partial charge is 0.269 e. The molecule has 0 aliphatic carbocycles. The van der Waals surface area contributed by atoms with Crippen LogP contribution in [0.15, 0.2) is 18.3 Å². The Labute approximate surface area is 120 Å². The fraction of sp³-hybridized carbons (Fsp3) is 0.600. The summed E-state index contributed by atoms with van der Waals surface area (Å²) in [5.74, 6) is -0.133. The number of nitrogens with one attached hydrogen (secondary N) is 2. The molecule has 2 rings (SSSR count). The zero-order valence-corrected chi connectivity index (χ0v) is 12.0. The summed E-state index contributed by atoms with van der Waals surface area (Å²) in [6.07, 6.45) is 6.64. The molecule has 0 aromatic carbocycles. The normalized spacial score (nSPS) is 18.6. The SMILES string of the molecule is CCNC(=O)c1cc(NCCC2CCCCO2)ccn1. The van der Waals surface area contributed by atoms with Crippen LogP contribution in [0.4, 0.5) is 5.69 Å². The van der Waals surface area contributed by atoms with Crippen molar-refractivity contribution < 1.29 is 9.53 Å². The Kier molecular flexibility index (Phi) is 5.80. The highest BCUT2D eigenvalue weighted by molar-refractivity contribution is 5.93. The van der Waals surface area contributed by atoms with E-state index in [2.05, 4.69) is 15.6 Å². The first kappa shape index (κ1) is 14.8. The monoisotopic (exact) mass is 277 g/mol. The maximum atomic E-state index is 11.7. The number of hydrogen-bond acceptors (Lipinski definition) is 4. The van der Waals surface area contributed by atoms with Crippen LogP contribution in [0.1, 0.15) is 43.1 Å². The van der Waals surface area contributed by atoms with Crippen molar-refractivity contribution in [3.05, 3.63) is 24.0 Å². The van der Waals surface area contributed by atoms with Crippen molar-refractivity contribution in [1.82, 2.24) is 10.3 Å². The number of anilines is 1. The molecule has 1 aromatic heterocycles. The molecular formula is C15H23N3O2. The molecule has 2 heterocycles. The second-order valence-electron chi connectivity index (χ2n) is 4.99. The molecule has 0 spiro atoms. The third kappa shape index (κ3) is 4.49. The number of hydrogen-bond donors (Lipinski definition) is 2. The highest BCUT2D eigenvalue weighted by Crippen LogP contribution is 2.16. The molecule has 1 saturated heterocycles. The molecule has 1 fully saturated rings. The Balaban J connectivity index is 1.80. The summed E-state index contributed by atoms with van der Waals surface area (Å²) in [6.45, 7) is 4.24. The molecule has 5 heteroatoms. The van der Waals surface area contributed by atoms with Crippen LogP contribution in [0.2, 0.25) is 0 Å². The summed E-state index contributed by atoms with van der Waals surface area (Å²) in [5.41, 5.74) is 1.38. The predicted molar refractivity (Wildman–Crippen MR) is 78.9 cm³/mol. The summed E-state index contributed by atoms with van der Waals surface area (Å²) >= 11 is 0. The first-order valence-corrected chi connectivity index (χ1v) is 7.39. The Bertz CT molecular complexity index is 431. The van der Waals surface area contributed by atoms with Gasteiger partial charge in [-0.2, -0.15) is 0 Å². The fourth-order valence-corrected chi connectivity index (χ4v) is 2.33. The Morgan fingerprint density at radius 1 is 1.50 bits per heavy atom. The van der Waals surface area contributed by atoms with Gasteiger partial charge < -0.3 is 15.4 Å². The minimum atomic E-state index is -0.133. The van der Waals surface area contributed by atoms with Crippen molar-refractivity contribution in [3.63, 3.8) is 0 Å². The van der Waals surface area contributed by atoms with E-state index in [9.17, 15) is 4.79 Å². The van der Waals surface area contributed by atoms with E-state index in [0.29, 0.717) is 18.3 Å². The van der Waals surface area contributed by atoms with Crippen molar-refractivity contribution in [2.75, 3.05) is 25.0 Å². The molecule has 1 unspecified atom stereocenters. The maximum absolute atomic E-state index is 11.7. The van der Waals surface area contributed by atoms with Gasteiger partial charge in [0.05, 0.1) is 6.10 Å². The Hall–Kier alpha value is -1.62. The average molecular weight is 277 g/mol. The lowest BCUT2D eigenvalue weighted by Crippen LogP contribution is -2.24. The molecule has 2 N–H and O–H groups in total. The number of carbonyl (C=O) groups excluding carboxylic acids is 1. The molecule has 1 atom stereocenters. The van der Waals surface area contributed by atoms with Gasteiger partial charge in [0, 0.05) is 31.6 Å². The number of ether oxygens (including phenoxy) is 1. The number of aromatic nitrogens is 1. The van der Waals surface area contributed by atoms with Crippen LogP contribution in [0.5, 0.6) is 0 Å². The molecule has 1 aliphatic rings. The number of nitrogens with zero attached hydrogens (tertiary/aromatic N) is 1. The lowest BCUT2D eigenvalue weighted by Gasteiger charge is -2.22. The van der Waals surface area contributed by atoms with Gasteiger partial charge in [-0.3, -0.25) is 9.78 Å². The third-order valence-electron chi connectivity index (χ3n) is 3.40. The van der Waals surface area contributed by atoms with Crippen molar-refractivity contribution >= 4 is 11.6 Å². The Morgan fingerprint density at radius 2 is 2.40 bits per heavy atom. The van der Waals surface area contributed by atoms with E-state index < -0.39 is 0 Å². The first-order chi connectivity index (χ1) is 9.79. The van der Waals surface area contributed by atoms with E-state index in [0.717, 1.165) is 31.7 Å². The molecule has 20 heavy (non-hydrogen) atoms. The summed E-state index contributed by atoms with van der Waals surface area (Å²) < 4.78 is 5.69. The number of pyridine rings is 1. The lowest BCUT2D eigenvalue weighted by molar-refractivity contribution is 0.0134. The number of carbonyl (C=O) groups is 1. The first-order valence-electron chi connectivity index (χ1n) is 7.39. The fourth-order valence-electron chi connectivity index (χ4n) is 2.33. The molecule has 1 aromatic rings. The van der Waals surface area contributed by atoms with Gasteiger partial charge in [-0.05, 0) is 44.7 Å². The second-order valence-corrected chi connectivity index (χ2v) is 4.99. The Morgan fingerprint density at radius 3 is 3.15 bits per heavy atom. The van der Waals surface area contributed by atoms with Gasteiger partial charge in [-0.1, -0.05) is 0 Å². The van der Waals surface area contributed by atoms with Gasteiger partial charge in [0.2, 0.25) is 0 Å². The van der Waals surface area contributed by atoms with Crippen molar-refractivity contribution in [3.8, 4) is 0 Å². The van der Waals surface area contributed by atoms with Gasteiger partial charge in [-0.15, -0.1) is 0 Å². The molecule has 0 bridgehead atoms. The molecule has 5 nitrogen and oxygen atoms in total. The van der Waals surface area contributed by atoms with Gasteiger partial charge in [0.15, 0.2) is 0 Å². The molecule has 1 aliphatic heterocycles. The summed E-state index contributed by atoms with van der Waals surface area (Å²) in [7, 11) is 0. The average Bonchev–Trinajstić information content (AvgIpc) is 2.49. The van der Waals surface area contributed by atoms with E-state index >= 15 is 0 Å². The van der Waals surface area contributed by atoms with Crippen molar-refractivity contribution in [1.29, 1.82) is 0 Å². The number of amides is 1. The van der Waals surface area contributed by atoms with E-state index in [1.807, 2.05) is 13.0 Å². The minimum absolute atomic E-state index is 0.133. The zero-order valence-electron chi connectivity index (χ0n) is 12.0. The van der Waals surface area contributed by atoms with E-state index in [4.69, 9.17) is 4.74 Å². The zero-order chi connectivity index (χ0) is 14.2. The second kappa shape index (κ2) is 7.85. The van der Waals surface area contributed by atoms with Crippen LogP contribution in [-0.2, 0) is 4.74 Å². The molecule has 110 valence electrons. The summed E-state index contributed by atoms with van der Waals surface area (Å²) in [4.78, 5) is 15.8. The highest BCUT2D eigenvalue weighted by atomic mass is 16.5. The van der Waals surface area contributed by atoms with Crippen LogP contribution in [0.25, 0.3) is 0 Å². The van der Waals surface area contributed by atoms with E-state index in [1.54, 1.807) is 12.3 Å². The van der Waals surface area contributed by atoms with E-state index in [-0.39, 0.29) is 5.91 Å². The van der Waals surface area contributed by atoms with Crippen LogP contribution in [-0.4, -0.2) is 36.7 Å². The van der Waals surface area contributed by atoms with E-state index in [1.165, 1.54) is 12.8 Å². The quantitative estimate of drug-likeness (QED) is 0.836. The van der Waals surface area contributed by atoms with Crippen molar-refractivity contribution in [2.45, 2.75) is 38.7 Å². The largest absolute Gasteiger partial charge is 0.385 e. The van der Waals surface area contributed by atoms with Gasteiger partial charge in [-0.25, -0.2) is 0 Å². The van der Waals surface area contributed by atoms with Crippen LogP contribution in [0.3, 0.4) is 0 Å². The van der Waals surface area contributed by atoms with Gasteiger partial charge in [0.1, 0.15) is 5.69 Å². The molecular weight excluding hydrogens is 254 g/mol. The molecule has 0 radical (unpaired) electrons. The van der Waals surface area contributed by atoms with Gasteiger partial charge in [0.25, 0.3) is 5.91 Å². The molecule has 0 saturated carbocycles. The maximum Gasteiger partial charge on any atom is 0.269 e. The summed E-state index contributed by atoms with van der Waals surface area (Å²) in [5, 5.41) is 6.08. The predicted octanol–water partition coefficient (Wildman–Crippen LogP) is 2.20. The minimum Gasteiger partial charge on any atom is -0.385 e. The van der Waals surface area contributed by atoms with Crippen LogP contribution in [0, 0.1) is 0 Å². The van der Waals surface area contributed by atoms with Gasteiger partial charge >= 0.3 is 0 Å². The standard InChI is InChI=1S/C15H23N3O2/c1-2-16-15(19)14-11-12(6-8-18-14)17-9-7-13-5-3-4-10-20-13/h6,8,11,13H,2-5,7,9-10H2,1H3,(H,16,19)(H,17,18). The summed E-state index contributed by atoms with van der Waals surface area (Å²) in [6, 6.07) is 3.66. The van der Waals surface area contributed by atoms with Crippen molar-refractivity contribution in [2.24, 2.45) is 0 Å². The van der Waals surface area contributed by atoms with Crippen LogP contribution < -0.4 is 10.6 Å². The van der Waals surface area contributed by atoms with Crippen LogP contribution >= 0.6 is 0 Å². The lowest BCUT2D eigenvalue weighted by atomic mass is 10.1. The third-order valence-corrected chi connectivity index (χ3v) is 3.40.